The van der Waals surface area contributed by atoms with E-state index in [2.05, 4.69) is 13.8 Å². The Balaban J connectivity index is 2.22. The Morgan fingerprint density at radius 1 is 1.36 bits per heavy atom. The van der Waals surface area contributed by atoms with Crippen LogP contribution < -0.4 is 0 Å². The number of halogens is 1. The predicted molar refractivity (Wildman–Crippen MR) is 59.7 cm³/mol. The second-order valence-corrected chi connectivity index (χ2v) is 5.75. The van der Waals surface area contributed by atoms with Crippen molar-refractivity contribution in [3.05, 3.63) is 0 Å². The van der Waals surface area contributed by atoms with Crippen LogP contribution in [0.4, 0.5) is 0 Å². The zero-order valence-electron chi connectivity index (χ0n) is 9.48. The van der Waals surface area contributed by atoms with Crippen LogP contribution in [0.3, 0.4) is 0 Å². The van der Waals surface area contributed by atoms with Crippen molar-refractivity contribution < 1.29 is 4.74 Å². The first kappa shape index (κ1) is 10.8. The van der Waals surface area contributed by atoms with Crippen molar-refractivity contribution in [3.8, 4) is 0 Å². The molecule has 0 bridgehead atoms. The van der Waals surface area contributed by atoms with E-state index >= 15 is 0 Å². The van der Waals surface area contributed by atoms with E-state index < -0.39 is 0 Å². The van der Waals surface area contributed by atoms with Crippen molar-refractivity contribution in [1.29, 1.82) is 0 Å². The summed E-state index contributed by atoms with van der Waals surface area (Å²) in [6.45, 7) is 4.72. The van der Waals surface area contributed by atoms with Gasteiger partial charge in [0.15, 0.2) is 0 Å². The van der Waals surface area contributed by atoms with E-state index in [0.717, 1.165) is 5.88 Å². The van der Waals surface area contributed by atoms with Gasteiger partial charge in [-0.05, 0) is 24.2 Å². The molecule has 0 N–H and O–H groups in total. The van der Waals surface area contributed by atoms with Gasteiger partial charge in [-0.1, -0.05) is 26.7 Å². The van der Waals surface area contributed by atoms with E-state index in [1.165, 1.54) is 25.7 Å². The van der Waals surface area contributed by atoms with Crippen LogP contribution in [0.25, 0.3) is 0 Å². The summed E-state index contributed by atoms with van der Waals surface area (Å²) in [6, 6.07) is 0. The number of methoxy groups -OCH3 is 1. The molecule has 0 aromatic heterocycles. The number of rotatable bonds is 2. The smallest absolute Gasteiger partial charge is 0.0636 e. The summed E-state index contributed by atoms with van der Waals surface area (Å²) in [5.74, 6) is 1.47. The predicted octanol–water partition coefficient (Wildman–Crippen LogP) is 3.46. The van der Waals surface area contributed by atoms with Crippen molar-refractivity contribution in [2.75, 3.05) is 13.0 Å². The van der Waals surface area contributed by atoms with Crippen LogP contribution in [0, 0.1) is 16.7 Å². The summed E-state index contributed by atoms with van der Waals surface area (Å²) in [5.41, 5.74) is 0.803. The Morgan fingerprint density at radius 3 is 2.57 bits per heavy atom. The maximum absolute atomic E-state index is 6.07. The zero-order chi connectivity index (χ0) is 10.4. The first-order valence-corrected chi connectivity index (χ1v) is 6.23. The quantitative estimate of drug-likeness (QED) is 0.643. The molecule has 0 aromatic carbocycles. The number of alkyl halides is 1. The number of hydrogen-bond acceptors (Lipinski definition) is 1. The lowest BCUT2D eigenvalue weighted by Crippen LogP contribution is -2.32. The second kappa shape index (κ2) is 3.38. The molecule has 3 atom stereocenters. The molecule has 2 saturated carbocycles. The molecule has 2 rings (SSSR count). The third-order valence-electron chi connectivity index (χ3n) is 4.93. The van der Waals surface area contributed by atoms with Gasteiger partial charge < -0.3 is 4.74 Å². The highest BCUT2D eigenvalue weighted by molar-refractivity contribution is 6.18. The van der Waals surface area contributed by atoms with Gasteiger partial charge in [0.2, 0.25) is 0 Å². The molecule has 1 nitrogen and oxygen atoms in total. The van der Waals surface area contributed by atoms with Crippen LogP contribution in [-0.2, 0) is 4.74 Å². The lowest BCUT2D eigenvalue weighted by Gasteiger charge is -2.34. The molecule has 0 heterocycles. The van der Waals surface area contributed by atoms with E-state index in [1.54, 1.807) is 0 Å². The third-order valence-corrected chi connectivity index (χ3v) is 5.24. The summed E-state index contributed by atoms with van der Waals surface area (Å²) >= 11 is 6.07. The fraction of sp³-hybridized carbons (Fsp3) is 1.00. The molecule has 2 heteroatoms. The molecule has 0 aromatic rings. The van der Waals surface area contributed by atoms with Crippen molar-refractivity contribution in [2.24, 2.45) is 16.7 Å². The fourth-order valence-corrected chi connectivity index (χ4v) is 4.62. The third kappa shape index (κ3) is 1.12. The van der Waals surface area contributed by atoms with Gasteiger partial charge in [-0.25, -0.2) is 0 Å². The van der Waals surface area contributed by atoms with Crippen molar-refractivity contribution in [2.45, 2.75) is 45.6 Å². The van der Waals surface area contributed by atoms with Gasteiger partial charge in [0.05, 0.1) is 6.10 Å². The Bertz CT molecular complexity index is 226. The molecule has 0 amide bonds. The molecule has 0 aliphatic heterocycles. The van der Waals surface area contributed by atoms with E-state index in [1.807, 2.05) is 7.11 Å². The van der Waals surface area contributed by atoms with E-state index in [0.29, 0.717) is 22.9 Å². The van der Waals surface area contributed by atoms with Gasteiger partial charge >= 0.3 is 0 Å². The molecule has 82 valence electrons. The normalized spacial score (nSPS) is 45.4. The Hall–Kier alpha value is 0.250. The molecule has 14 heavy (non-hydrogen) atoms. The molecule has 2 fully saturated rings. The molecule has 2 aliphatic carbocycles. The van der Waals surface area contributed by atoms with Crippen LogP contribution in [0.1, 0.15) is 39.5 Å². The van der Waals surface area contributed by atoms with Crippen LogP contribution in [0.15, 0.2) is 0 Å². The number of hydrogen-bond donors (Lipinski definition) is 0. The van der Waals surface area contributed by atoms with Gasteiger partial charge in [0.1, 0.15) is 0 Å². The standard InChI is InChI=1S/C12H21ClO/c1-11(2)9(8-13)12(11)7-5-4-6-10(12)14-3/h9-10H,4-8H2,1-3H3. The largest absolute Gasteiger partial charge is 0.381 e. The summed E-state index contributed by atoms with van der Waals surface area (Å²) in [7, 11) is 1.86. The van der Waals surface area contributed by atoms with Crippen LogP contribution in [0.2, 0.25) is 0 Å². The summed E-state index contributed by atoms with van der Waals surface area (Å²) in [6.07, 6.45) is 5.68. The second-order valence-electron chi connectivity index (χ2n) is 5.44. The van der Waals surface area contributed by atoms with Gasteiger partial charge in [0, 0.05) is 18.4 Å². The summed E-state index contributed by atoms with van der Waals surface area (Å²) < 4.78 is 5.68. The molecule has 0 saturated heterocycles. The lowest BCUT2D eigenvalue weighted by molar-refractivity contribution is -0.00948. The van der Waals surface area contributed by atoms with Crippen molar-refractivity contribution in [1.82, 2.24) is 0 Å². The molecular weight excluding hydrogens is 196 g/mol. The van der Waals surface area contributed by atoms with Gasteiger partial charge in [-0.15, -0.1) is 11.6 Å². The average molecular weight is 217 g/mol. The van der Waals surface area contributed by atoms with E-state index in [9.17, 15) is 0 Å². The summed E-state index contributed by atoms with van der Waals surface area (Å²) in [5, 5.41) is 0. The van der Waals surface area contributed by atoms with E-state index in [-0.39, 0.29) is 0 Å². The topological polar surface area (TPSA) is 9.23 Å². The zero-order valence-corrected chi connectivity index (χ0v) is 10.2. The highest BCUT2D eigenvalue weighted by atomic mass is 35.5. The highest BCUT2D eigenvalue weighted by Crippen LogP contribution is 2.75. The van der Waals surface area contributed by atoms with Gasteiger partial charge in [-0.3, -0.25) is 0 Å². The average Bonchev–Trinajstić information content (AvgIpc) is 2.63. The minimum Gasteiger partial charge on any atom is -0.381 e. The first-order chi connectivity index (χ1) is 6.61. The van der Waals surface area contributed by atoms with Crippen molar-refractivity contribution in [3.63, 3.8) is 0 Å². The lowest BCUT2D eigenvalue weighted by atomic mass is 9.78. The van der Waals surface area contributed by atoms with Crippen molar-refractivity contribution >= 4 is 11.6 Å². The molecule has 1 spiro atoms. The van der Waals surface area contributed by atoms with Crippen LogP contribution in [0.5, 0.6) is 0 Å². The minimum absolute atomic E-state index is 0.399. The number of ether oxygens (including phenoxy) is 1. The van der Waals surface area contributed by atoms with E-state index in [4.69, 9.17) is 16.3 Å². The van der Waals surface area contributed by atoms with Gasteiger partial charge in [-0.2, -0.15) is 0 Å². The first-order valence-electron chi connectivity index (χ1n) is 5.70. The fourth-order valence-electron chi connectivity index (χ4n) is 3.96. The molecular formula is C12H21ClO. The Labute approximate surface area is 92.2 Å². The SMILES string of the molecule is COC1CCCCC12C(CCl)C2(C)C. The Morgan fingerprint density at radius 2 is 2.07 bits per heavy atom. The van der Waals surface area contributed by atoms with Crippen LogP contribution in [-0.4, -0.2) is 19.1 Å². The molecule has 3 unspecified atom stereocenters. The molecule has 2 aliphatic rings. The van der Waals surface area contributed by atoms with Crippen LogP contribution >= 0.6 is 11.6 Å². The minimum atomic E-state index is 0.399. The highest BCUT2D eigenvalue weighted by Gasteiger charge is 2.73. The Kier molecular flexibility index (Phi) is 2.60. The monoisotopic (exact) mass is 216 g/mol. The summed E-state index contributed by atoms with van der Waals surface area (Å²) in [4.78, 5) is 0. The van der Waals surface area contributed by atoms with Gasteiger partial charge in [0.25, 0.3) is 0 Å². The molecule has 0 radical (unpaired) electrons. The maximum Gasteiger partial charge on any atom is 0.0636 e. The maximum atomic E-state index is 6.07.